The summed E-state index contributed by atoms with van der Waals surface area (Å²) in [7, 11) is 4.10. The monoisotopic (exact) mass is 382 g/mol. The molecule has 1 heterocycles. The van der Waals surface area contributed by atoms with Crippen LogP contribution in [-0.4, -0.2) is 19.1 Å². The minimum absolute atomic E-state index is 0.0226. The summed E-state index contributed by atoms with van der Waals surface area (Å²) in [5.41, 5.74) is 11.9. The van der Waals surface area contributed by atoms with E-state index in [1.54, 1.807) is 0 Å². The summed E-state index contributed by atoms with van der Waals surface area (Å²) in [6.45, 7) is 0. The van der Waals surface area contributed by atoms with Gasteiger partial charge in [0.05, 0.1) is 5.52 Å². The van der Waals surface area contributed by atoms with Crippen molar-refractivity contribution in [3.05, 3.63) is 96.1 Å². The zero-order valence-electron chi connectivity index (χ0n) is 16.8. The third-order valence-corrected chi connectivity index (χ3v) is 5.09. The average molecular weight is 383 g/mol. The van der Waals surface area contributed by atoms with Crippen LogP contribution in [0.1, 0.15) is 17.2 Å². The van der Waals surface area contributed by atoms with Crippen LogP contribution in [0.4, 0.5) is 17.2 Å². The molecule has 0 bridgehead atoms. The van der Waals surface area contributed by atoms with Crippen molar-refractivity contribution in [2.75, 3.05) is 24.3 Å². The molecular formula is C25H26N4. The summed E-state index contributed by atoms with van der Waals surface area (Å²) in [6, 6.07) is 28.9. The van der Waals surface area contributed by atoms with Gasteiger partial charge in [-0.2, -0.15) is 0 Å². The number of fused-ring (bicyclic) bond motifs is 1. The van der Waals surface area contributed by atoms with Crippen LogP contribution < -0.4 is 16.0 Å². The molecule has 29 heavy (non-hydrogen) atoms. The molecule has 0 aliphatic rings. The Morgan fingerprint density at radius 2 is 1.59 bits per heavy atom. The SMILES string of the molecule is CN(C)c1cc(Nc2ccc(C(N)Cc3ccccc3)cc2)nc2ccccc12. The third-order valence-electron chi connectivity index (χ3n) is 5.09. The highest BCUT2D eigenvalue weighted by Crippen LogP contribution is 2.29. The molecule has 0 radical (unpaired) electrons. The van der Waals surface area contributed by atoms with Crippen molar-refractivity contribution >= 4 is 28.1 Å². The Labute approximate surface area is 172 Å². The van der Waals surface area contributed by atoms with Gasteiger partial charge < -0.3 is 16.0 Å². The van der Waals surface area contributed by atoms with Crippen molar-refractivity contribution in [2.24, 2.45) is 5.73 Å². The maximum Gasteiger partial charge on any atom is 0.133 e. The van der Waals surface area contributed by atoms with Crippen molar-refractivity contribution in [2.45, 2.75) is 12.5 Å². The van der Waals surface area contributed by atoms with Gasteiger partial charge in [-0.15, -0.1) is 0 Å². The number of para-hydroxylation sites is 1. The molecule has 0 amide bonds. The van der Waals surface area contributed by atoms with Crippen molar-refractivity contribution in [3.8, 4) is 0 Å². The maximum absolute atomic E-state index is 6.41. The Morgan fingerprint density at radius 1 is 0.897 bits per heavy atom. The van der Waals surface area contributed by atoms with Crippen LogP contribution in [0.3, 0.4) is 0 Å². The van der Waals surface area contributed by atoms with Gasteiger partial charge in [-0.3, -0.25) is 0 Å². The van der Waals surface area contributed by atoms with Crippen molar-refractivity contribution in [1.82, 2.24) is 4.98 Å². The molecule has 3 aromatic carbocycles. The van der Waals surface area contributed by atoms with Crippen LogP contribution in [-0.2, 0) is 6.42 Å². The maximum atomic E-state index is 6.41. The number of nitrogens with one attached hydrogen (secondary N) is 1. The Hall–Kier alpha value is -3.37. The fourth-order valence-corrected chi connectivity index (χ4v) is 3.54. The summed E-state index contributed by atoms with van der Waals surface area (Å²) < 4.78 is 0. The summed E-state index contributed by atoms with van der Waals surface area (Å²) in [5, 5.41) is 4.57. The molecule has 1 aromatic heterocycles. The average Bonchev–Trinajstić information content (AvgIpc) is 2.74. The van der Waals surface area contributed by atoms with Crippen LogP contribution in [0.5, 0.6) is 0 Å². The molecule has 3 N–H and O–H groups in total. The number of anilines is 3. The van der Waals surface area contributed by atoms with Gasteiger partial charge in [0, 0.05) is 43.0 Å². The molecule has 0 spiro atoms. The molecule has 0 aliphatic heterocycles. The highest BCUT2D eigenvalue weighted by atomic mass is 15.1. The minimum Gasteiger partial charge on any atom is -0.377 e. The molecular weight excluding hydrogens is 356 g/mol. The Balaban J connectivity index is 1.53. The molecule has 1 unspecified atom stereocenters. The number of nitrogens with zero attached hydrogens (tertiary/aromatic N) is 2. The molecule has 146 valence electrons. The van der Waals surface area contributed by atoms with Gasteiger partial charge in [0.2, 0.25) is 0 Å². The van der Waals surface area contributed by atoms with Gasteiger partial charge in [0.25, 0.3) is 0 Å². The first-order chi connectivity index (χ1) is 14.1. The van der Waals surface area contributed by atoms with Gasteiger partial charge in [-0.25, -0.2) is 4.98 Å². The molecule has 4 rings (SSSR count). The van der Waals surface area contributed by atoms with E-state index >= 15 is 0 Å². The van der Waals surface area contributed by atoms with Crippen LogP contribution in [0.25, 0.3) is 10.9 Å². The first-order valence-corrected chi connectivity index (χ1v) is 9.84. The van der Waals surface area contributed by atoms with E-state index in [9.17, 15) is 0 Å². The fraction of sp³-hybridized carbons (Fsp3) is 0.160. The topological polar surface area (TPSA) is 54.2 Å². The van der Waals surface area contributed by atoms with Gasteiger partial charge in [-0.05, 0) is 35.7 Å². The third kappa shape index (κ3) is 4.39. The molecule has 4 heteroatoms. The van der Waals surface area contributed by atoms with Crippen LogP contribution in [0.2, 0.25) is 0 Å². The van der Waals surface area contributed by atoms with Crippen molar-refractivity contribution < 1.29 is 0 Å². The molecule has 0 fully saturated rings. The van der Waals surface area contributed by atoms with Crippen molar-refractivity contribution in [3.63, 3.8) is 0 Å². The Morgan fingerprint density at radius 3 is 2.31 bits per heavy atom. The first kappa shape index (κ1) is 19.0. The van der Waals surface area contributed by atoms with E-state index in [4.69, 9.17) is 10.7 Å². The number of pyridine rings is 1. The van der Waals surface area contributed by atoms with Gasteiger partial charge >= 0.3 is 0 Å². The highest BCUT2D eigenvalue weighted by Gasteiger charge is 2.09. The van der Waals surface area contributed by atoms with E-state index < -0.39 is 0 Å². The van der Waals surface area contributed by atoms with Crippen LogP contribution >= 0.6 is 0 Å². The predicted molar refractivity (Wildman–Crippen MR) is 123 cm³/mol. The summed E-state index contributed by atoms with van der Waals surface area (Å²) in [6.07, 6.45) is 0.825. The number of nitrogens with two attached hydrogens (primary N) is 1. The van der Waals surface area contributed by atoms with E-state index in [0.29, 0.717) is 0 Å². The van der Waals surface area contributed by atoms with Gasteiger partial charge in [0.15, 0.2) is 0 Å². The Kier molecular flexibility index (Phi) is 5.45. The first-order valence-electron chi connectivity index (χ1n) is 9.84. The number of aromatic nitrogens is 1. The molecule has 4 aromatic rings. The molecule has 1 atom stereocenters. The van der Waals surface area contributed by atoms with Crippen LogP contribution in [0.15, 0.2) is 84.9 Å². The summed E-state index contributed by atoms with van der Waals surface area (Å²) in [5.74, 6) is 0.828. The lowest BCUT2D eigenvalue weighted by Gasteiger charge is -2.17. The lowest BCUT2D eigenvalue weighted by Crippen LogP contribution is -2.13. The fourth-order valence-electron chi connectivity index (χ4n) is 3.54. The highest BCUT2D eigenvalue weighted by molar-refractivity contribution is 5.93. The number of hydrogen-bond donors (Lipinski definition) is 2. The van der Waals surface area contributed by atoms with Crippen molar-refractivity contribution in [1.29, 1.82) is 0 Å². The van der Waals surface area contributed by atoms with E-state index in [-0.39, 0.29) is 6.04 Å². The normalized spacial score (nSPS) is 12.0. The largest absolute Gasteiger partial charge is 0.377 e. The van der Waals surface area contributed by atoms with E-state index in [2.05, 4.69) is 72.8 Å². The lowest BCUT2D eigenvalue weighted by molar-refractivity contribution is 0.722. The van der Waals surface area contributed by atoms with E-state index in [1.165, 1.54) is 5.56 Å². The number of benzene rings is 3. The predicted octanol–water partition coefficient (Wildman–Crippen LogP) is 5.29. The Bertz CT molecular complexity index is 1090. The molecule has 4 nitrogen and oxygen atoms in total. The van der Waals surface area contributed by atoms with Gasteiger partial charge in [0.1, 0.15) is 5.82 Å². The summed E-state index contributed by atoms with van der Waals surface area (Å²) >= 11 is 0. The zero-order valence-corrected chi connectivity index (χ0v) is 16.8. The van der Waals surface area contributed by atoms with Crippen LogP contribution in [0, 0.1) is 0 Å². The number of hydrogen-bond acceptors (Lipinski definition) is 4. The standard InChI is InChI=1S/C25H26N4/c1-29(2)24-17-25(28-23-11-7-6-10-21(23)24)27-20-14-12-19(13-15-20)22(26)16-18-8-4-3-5-9-18/h3-15,17,22H,16,26H2,1-2H3,(H,27,28). The zero-order chi connectivity index (χ0) is 20.2. The lowest BCUT2D eigenvalue weighted by atomic mass is 9.99. The van der Waals surface area contributed by atoms with E-state index in [0.717, 1.165) is 40.1 Å². The second-order valence-corrected chi connectivity index (χ2v) is 7.48. The number of rotatable bonds is 6. The molecule has 0 saturated carbocycles. The molecule has 0 aliphatic carbocycles. The second-order valence-electron chi connectivity index (χ2n) is 7.48. The smallest absolute Gasteiger partial charge is 0.133 e. The summed E-state index contributed by atoms with van der Waals surface area (Å²) in [4.78, 5) is 6.88. The minimum atomic E-state index is -0.0226. The van der Waals surface area contributed by atoms with E-state index in [1.807, 2.05) is 36.4 Å². The quantitative estimate of drug-likeness (QED) is 0.476. The second kappa shape index (κ2) is 8.33. The molecule has 0 saturated heterocycles. The van der Waals surface area contributed by atoms with Gasteiger partial charge in [-0.1, -0.05) is 60.7 Å².